The Morgan fingerprint density at radius 1 is 1.56 bits per heavy atom. The minimum Gasteiger partial charge on any atom is -0.468 e. The van der Waals surface area contributed by atoms with Crippen LogP contribution in [0.2, 0.25) is 0 Å². The van der Waals surface area contributed by atoms with Crippen LogP contribution in [-0.4, -0.2) is 44.6 Å². The van der Waals surface area contributed by atoms with Crippen molar-refractivity contribution in [3.8, 4) is 0 Å². The second-order valence-electron chi connectivity index (χ2n) is 4.39. The van der Waals surface area contributed by atoms with E-state index in [1.165, 1.54) is 0 Å². The maximum Gasteiger partial charge on any atom is 0.191 e. The lowest BCUT2D eigenvalue weighted by Crippen LogP contribution is -2.44. The van der Waals surface area contributed by atoms with E-state index in [9.17, 15) is 0 Å². The van der Waals surface area contributed by atoms with Crippen molar-refractivity contribution in [2.75, 3.05) is 33.7 Å². The number of likely N-dealkylation sites (N-methyl/N-ethyl adjacent to an activating group) is 1. The van der Waals surface area contributed by atoms with Crippen LogP contribution < -0.4 is 10.6 Å². The lowest BCUT2D eigenvalue weighted by molar-refractivity contribution is 0.258. The molecule has 6 heteroatoms. The molecule has 5 nitrogen and oxygen atoms in total. The molecule has 0 amide bonds. The van der Waals surface area contributed by atoms with Crippen molar-refractivity contribution in [2.45, 2.75) is 12.5 Å². The molecule has 1 aromatic heterocycles. The van der Waals surface area contributed by atoms with Gasteiger partial charge >= 0.3 is 0 Å². The molecule has 1 unspecified atom stereocenters. The van der Waals surface area contributed by atoms with E-state index in [0.29, 0.717) is 0 Å². The molecule has 2 rings (SSSR count). The zero-order chi connectivity index (χ0) is 12.1. The van der Waals surface area contributed by atoms with E-state index in [1.807, 2.05) is 26.2 Å². The molecule has 0 saturated carbocycles. The van der Waals surface area contributed by atoms with Crippen LogP contribution in [0.5, 0.6) is 0 Å². The van der Waals surface area contributed by atoms with Crippen molar-refractivity contribution in [3.63, 3.8) is 0 Å². The number of nitrogens with one attached hydrogen (secondary N) is 2. The van der Waals surface area contributed by atoms with E-state index < -0.39 is 0 Å². The molecule has 0 aliphatic carbocycles. The molecule has 2 N–H and O–H groups in total. The number of aliphatic imine (C=N–C) groups is 1. The van der Waals surface area contributed by atoms with Gasteiger partial charge in [-0.15, -0.1) is 24.0 Å². The Morgan fingerprint density at radius 3 is 2.94 bits per heavy atom. The van der Waals surface area contributed by atoms with Gasteiger partial charge in [-0.2, -0.15) is 0 Å². The summed E-state index contributed by atoms with van der Waals surface area (Å²) in [5.41, 5.74) is 0. The van der Waals surface area contributed by atoms with Gasteiger partial charge in [-0.05, 0) is 32.6 Å². The maximum atomic E-state index is 5.45. The van der Waals surface area contributed by atoms with Crippen molar-refractivity contribution in [3.05, 3.63) is 24.2 Å². The van der Waals surface area contributed by atoms with Gasteiger partial charge in [0, 0.05) is 19.6 Å². The predicted octanol–water partition coefficient (Wildman–Crippen LogP) is 1.44. The zero-order valence-corrected chi connectivity index (χ0v) is 13.2. The van der Waals surface area contributed by atoms with Crippen molar-refractivity contribution in [1.82, 2.24) is 15.5 Å². The van der Waals surface area contributed by atoms with Crippen LogP contribution in [0.1, 0.15) is 18.2 Å². The first kappa shape index (κ1) is 15.3. The van der Waals surface area contributed by atoms with Crippen LogP contribution in [0, 0.1) is 0 Å². The monoisotopic (exact) mass is 364 g/mol. The molecule has 1 aromatic rings. The average Bonchev–Trinajstić information content (AvgIpc) is 2.84. The molecule has 0 fully saturated rings. The minimum atomic E-state index is 0. The zero-order valence-electron chi connectivity index (χ0n) is 10.8. The van der Waals surface area contributed by atoms with Crippen LogP contribution in [0.25, 0.3) is 0 Å². The summed E-state index contributed by atoms with van der Waals surface area (Å²) in [6.45, 7) is 2.69. The molecular formula is C12H21IN4O. The number of furan rings is 1. The van der Waals surface area contributed by atoms with Gasteiger partial charge in [-0.3, -0.25) is 9.89 Å². The van der Waals surface area contributed by atoms with Crippen LogP contribution in [0.4, 0.5) is 0 Å². The summed E-state index contributed by atoms with van der Waals surface area (Å²) in [6.07, 6.45) is 2.82. The van der Waals surface area contributed by atoms with Gasteiger partial charge < -0.3 is 15.1 Å². The van der Waals surface area contributed by atoms with Crippen molar-refractivity contribution in [1.29, 1.82) is 0 Å². The topological polar surface area (TPSA) is 52.8 Å². The third-order valence-electron chi connectivity index (χ3n) is 2.86. The standard InChI is InChI=1S/C12H20N4O.HI/c1-16(2)10(11-5-3-8-17-11)9-15-12-13-6-4-7-14-12;/h3,5,8,10H,4,6-7,9H2,1-2H3,(H2,13,14,15);1H. The Morgan fingerprint density at radius 2 is 2.39 bits per heavy atom. The highest BCUT2D eigenvalue weighted by molar-refractivity contribution is 14.0. The van der Waals surface area contributed by atoms with E-state index in [0.717, 1.165) is 37.8 Å². The summed E-state index contributed by atoms with van der Waals surface area (Å²) in [4.78, 5) is 6.52. The molecule has 1 aliphatic rings. The lowest BCUT2D eigenvalue weighted by Gasteiger charge is -2.24. The van der Waals surface area contributed by atoms with Gasteiger partial charge in [0.25, 0.3) is 0 Å². The number of nitrogens with zero attached hydrogens (tertiary/aromatic N) is 2. The van der Waals surface area contributed by atoms with Gasteiger partial charge in [-0.1, -0.05) is 0 Å². The van der Waals surface area contributed by atoms with Crippen molar-refractivity contribution < 1.29 is 4.42 Å². The molecule has 0 radical (unpaired) electrons. The van der Waals surface area contributed by atoms with E-state index >= 15 is 0 Å². The van der Waals surface area contributed by atoms with Crippen LogP contribution in [0.3, 0.4) is 0 Å². The largest absolute Gasteiger partial charge is 0.468 e. The molecule has 0 spiro atoms. The molecule has 0 saturated heterocycles. The van der Waals surface area contributed by atoms with Crippen LogP contribution in [-0.2, 0) is 0 Å². The molecule has 102 valence electrons. The molecule has 1 atom stereocenters. The summed E-state index contributed by atoms with van der Waals surface area (Å²) in [5.74, 6) is 1.87. The minimum absolute atomic E-state index is 0. The third-order valence-corrected chi connectivity index (χ3v) is 2.86. The number of guanidine groups is 1. The van der Waals surface area contributed by atoms with E-state index in [4.69, 9.17) is 4.42 Å². The fraction of sp³-hybridized carbons (Fsp3) is 0.583. The van der Waals surface area contributed by atoms with Gasteiger partial charge in [0.05, 0.1) is 12.3 Å². The van der Waals surface area contributed by atoms with Gasteiger partial charge in [0.15, 0.2) is 5.96 Å². The quantitative estimate of drug-likeness (QED) is 0.794. The number of halogens is 1. The van der Waals surface area contributed by atoms with E-state index in [1.54, 1.807) is 6.26 Å². The Bertz CT molecular complexity index is 364. The molecule has 2 heterocycles. The number of rotatable bonds is 4. The summed E-state index contributed by atoms with van der Waals surface area (Å²) < 4.78 is 5.45. The molecular weight excluding hydrogens is 343 g/mol. The summed E-state index contributed by atoms with van der Waals surface area (Å²) >= 11 is 0. The second-order valence-corrected chi connectivity index (χ2v) is 4.39. The van der Waals surface area contributed by atoms with E-state index in [2.05, 4.69) is 20.5 Å². The summed E-state index contributed by atoms with van der Waals surface area (Å²) in [5, 5.41) is 6.58. The lowest BCUT2D eigenvalue weighted by atomic mass is 10.2. The molecule has 18 heavy (non-hydrogen) atoms. The van der Waals surface area contributed by atoms with Crippen LogP contribution >= 0.6 is 24.0 Å². The SMILES string of the molecule is CN(C)C(CNC1=NCCCN1)c1ccco1.I. The maximum absolute atomic E-state index is 5.45. The first-order valence-corrected chi connectivity index (χ1v) is 5.99. The predicted molar refractivity (Wildman–Crippen MR) is 83.5 cm³/mol. The average molecular weight is 364 g/mol. The highest BCUT2D eigenvalue weighted by Crippen LogP contribution is 2.17. The van der Waals surface area contributed by atoms with Crippen molar-refractivity contribution in [2.24, 2.45) is 4.99 Å². The highest BCUT2D eigenvalue weighted by Gasteiger charge is 2.17. The highest BCUT2D eigenvalue weighted by atomic mass is 127. The number of hydrogen-bond donors (Lipinski definition) is 2. The fourth-order valence-corrected chi connectivity index (χ4v) is 1.86. The molecule has 1 aliphatic heterocycles. The Kier molecular flexibility index (Phi) is 6.48. The Hall–Kier alpha value is -0.760. The van der Waals surface area contributed by atoms with Gasteiger partial charge in [-0.25, -0.2) is 0 Å². The normalized spacial score (nSPS) is 16.5. The fourth-order valence-electron chi connectivity index (χ4n) is 1.86. The smallest absolute Gasteiger partial charge is 0.191 e. The second kappa shape index (κ2) is 7.63. The van der Waals surface area contributed by atoms with Crippen LogP contribution in [0.15, 0.2) is 27.8 Å². The van der Waals surface area contributed by atoms with Crippen molar-refractivity contribution >= 4 is 29.9 Å². The van der Waals surface area contributed by atoms with E-state index in [-0.39, 0.29) is 30.0 Å². The summed E-state index contributed by atoms with van der Waals surface area (Å²) in [7, 11) is 4.09. The van der Waals surface area contributed by atoms with Gasteiger partial charge in [0.2, 0.25) is 0 Å². The Balaban J connectivity index is 0.00000162. The van der Waals surface area contributed by atoms with Gasteiger partial charge in [0.1, 0.15) is 5.76 Å². The Labute approximate surface area is 125 Å². The molecule has 0 bridgehead atoms. The number of hydrogen-bond acceptors (Lipinski definition) is 5. The third kappa shape index (κ3) is 4.16. The summed E-state index contributed by atoms with van der Waals surface area (Å²) in [6, 6.07) is 4.14. The first-order chi connectivity index (χ1) is 8.27. The molecule has 0 aromatic carbocycles. The first-order valence-electron chi connectivity index (χ1n) is 5.99.